The van der Waals surface area contributed by atoms with Crippen LogP contribution in [0.5, 0.6) is 0 Å². The van der Waals surface area contributed by atoms with Crippen molar-refractivity contribution in [3.05, 3.63) is 0 Å². The molecular formula is C13H28N2O. The van der Waals surface area contributed by atoms with Crippen LogP contribution in [0.4, 0.5) is 0 Å². The summed E-state index contributed by atoms with van der Waals surface area (Å²) in [6, 6.07) is 0.384. The molecule has 0 saturated heterocycles. The summed E-state index contributed by atoms with van der Waals surface area (Å²) in [5.74, 6) is 0.973. The van der Waals surface area contributed by atoms with E-state index in [1.807, 2.05) is 0 Å². The predicted molar refractivity (Wildman–Crippen MR) is 68.5 cm³/mol. The van der Waals surface area contributed by atoms with E-state index in [-0.39, 0.29) is 5.60 Å². The minimum atomic E-state index is -0.0759. The molecule has 0 radical (unpaired) electrons. The van der Waals surface area contributed by atoms with Crippen molar-refractivity contribution < 1.29 is 4.74 Å². The fourth-order valence-electron chi connectivity index (χ4n) is 2.19. The lowest BCUT2D eigenvalue weighted by Crippen LogP contribution is -2.43. The molecule has 96 valence electrons. The molecule has 1 fully saturated rings. The van der Waals surface area contributed by atoms with Crippen molar-refractivity contribution in [2.24, 2.45) is 11.7 Å². The lowest BCUT2D eigenvalue weighted by Gasteiger charge is -2.30. The summed E-state index contributed by atoms with van der Waals surface area (Å²) >= 11 is 0. The molecule has 0 bridgehead atoms. The van der Waals surface area contributed by atoms with Crippen molar-refractivity contribution in [3.63, 3.8) is 0 Å². The van der Waals surface area contributed by atoms with Crippen molar-refractivity contribution in [1.29, 1.82) is 0 Å². The molecule has 3 N–H and O–H groups in total. The fraction of sp³-hybridized carbons (Fsp3) is 1.00. The summed E-state index contributed by atoms with van der Waals surface area (Å²) in [4.78, 5) is 0. The van der Waals surface area contributed by atoms with Gasteiger partial charge in [-0.3, -0.25) is 0 Å². The van der Waals surface area contributed by atoms with Crippen LogP contribution in [0.15, 0.2) is 0 Å². The molecular weight excluding hydrogens is 200 g/mol. The third-order valence-electron chi connectivity index (χ3n) is 3.79. The molecule has 1 aliphatic rings. The molecule has 1 unspecified atom stereocenters. The van der Waals surface area contributed by atoms with Gasteiger partial charge in [-0.05, 0) is 39.2 Å². The summed E-state index contributed by atoms with van der Waals surface area (Å²) in [5, 5.41) is 3.55. The molecule has 3 heteroatoms. The van der Waals surface area contributed by atoms with Gasteiger partial charge < -0.3 is 15.8 Å². The zero-order valence-electron chi connectivity index (χ0n) is 11.1. The van der Waals surface area contributed by atoms with Crippen LogP contribution >= 0.6 is 0 Å². The van der Waals surface area contributed by atoms with Crippen LogP contribution in [0.25, 0.3) is 0 Å². The Bertz CT molecular complexity index is 190. The summed E-state index contributed by atoms with van der Waals surface area (Å²) in [6.45, 7) is 6.02. The highest BCUT2D eigenvalue weighted by molar-refractivity contribution is 4.80. The SMILES string of the molecule is COC(C)(C)CC(CN)NCCC1CCC1. The smallest absolute Gasteiger partial charge is 0.0638 e. The number of ether oxygens (including phenoxy) is 1. The quantitative estimate of drug-likeness (QED) is 0.667. The van der Waals surface area contributed by atoms with E-state index >= 15 is 0 Å². The first-order chi connectivity index (χ1) is 7.57. The highest BCUT2D eigenvalue weighted by atomic mass is 16.5. The van der Waals surface area contributed by atoms with E-state index in [4.69, 9.17) is 10.5 Å². The fourth-order valence-corrected chi connectivity index (χ4v) is 2.19. The average Bonchev–Trinajstić information content (AvgIpc) is 2.19. The summed E-state index contributed by atoms with van der Waals surface area (Å²) in [6.07, 6.45) is 6.58. The second-order valence-corrected chi connectivity index (χ2v) is 5.64. The Morgan fingerprint density at radius 3 is 2.56 bits per heavy atom. The summed E-state index contributed by atoms with van der Waals surface area (Å²) < 4.78 is 5.43. The lowest BCUT2D eigenvalue weighted by molar-refractivity contribution is 0.00765. The van der Waals surface area contributed by atoms with Gasteiger partial charge >= 0.3 is 0 Å². The van der Waals surface area contributed by atoms with Crippen LogP contribution in [-0.4, -0.2) is 31.8 Å². The molecule has 0 aromatic rings. The van der Waals surface area contributed by atoms with Gasteiger partial charge in [-0.25, -0.2) is 0 Å². The van der Waals surface area contributed by atoms with E-state index in [2.05, 4.69) is 19.2 Å². The number of methoxy groups -OCH3 is 1. The molecule has 1 rings (SSSR count). The largest absolute Gasteiger partial charge is 0.379 e. The van der Waals surface area contributed by atoms with Crippen LogP contribution in [0.3, 0.4) is 0 Å². The zero-order chi connectivity index (χ0) is 12.0. The average molecular weight is 228 g/mol. The number of nitrogens with one attached hydrogen (secondary N) is 1. The lowest BCUT2D eigenvalue weighted by atomic mass is 9.83. The second kappa shape index (κ2) is 6.58. The Labute approximate surface area is 100 Å². The Kier molecular flexibility index (Phi) is 5.73. The molecule has 0 amide bonds. The van der Waals surface area contributed by atoms with E-state index < -0.39 is 0 Å². The Morgan fingerprint density at radius 2 is 2.12 bits per heavy atom. The standard InChI is InChI=1S/C13H28N2O/c1-13(2,16-3)9-12(10-14)15-8-7-11-5-4-6-11/h11-12,15H,4-10,14H2,1-3H3. The van der Waals surface area contributed by atoms with Crippen LogP contribution < -0.4 is 11.1 Å². The normalized spacial score (nSPS) is 19.5. The first kappa shape index (κ1) is 13.9. The van der Waals surface area contributed by atoms with Crippen molar-refractivity contribution in [1.82, 2.24) is 5.32 Å². The van der Waals surface area contributed by atoms with Gasteiger partial charge in [-0.15, -0.1) is 0 Å². The number of rotatable bonds is 8. The molecule has 16 heavy (non-hydrogen) atoms. The van der Waals surface area contributed by atoms with E-state index in [1.165, 1.54) is 25.7 Å². The third kappa shape index (κ3) is 4.81. The topological polar surface area (TPSA) is 47.3 Å². The molecule has 1 aliphatic carbocycles. The minimum Gasteiger partial charge on any atom is -0.379 e. The Balaban J connectivity index is 2.14. The van der Waals surface area contributed by atoms with Crippen molar-refractivity contribution in [3.8, 4) is 0 Å². The highest BCUT2D eigenvalue weighted by Crippen LogP contribution is 2.28. The van der Waals surface area contributed by atoms with Crippen LogP contribution in [0.2, 0.25) is 0 Å². The Morgan fingerprint density at radius 1 is 1.44 bits per heavy atom. The molecule has 1 saturated carbocycles. The number of nitrogens with two attached hydrogens (primary N) is 1. The van der Waals surface area contributed by atoms with Gasteiger partial charge in [0.15, 0.2) is 0 Å². The maximum absolute atomic E-state index is 5.78. The molecule has 0 spiro atoms. The molecule has 0 heterocycles. The van der Waals surface area contributed by atoms with Gasteiger partial charge in [0.1, 0.15) is 0 Å². The first-order valence-corrected chi connectivity index (χ1v) is 6.56. The predicted octanol–water partition coefficient (Wildman–Crippen LogP) is 1.91. The van der Waals surface area contributed by atoms with Crippen molar-refractivity contribution >= 4 is 0 Å². The molecule has 0 aromatic carbocycles. The van der Waals surface area contributed by atoms with E-state index in [0.29, 0.717) is 12.6 Å². The molecule has 3 nitrogen and oxygen atoms in total. The number of hydrogen-bond acceptors (Lipinski definition) is 3. The second-order valence-electron chi connectivity index (χ2n) is 5.64. The molecule has 1 atom stereocenters. The van der Waals surface area contributed by atoms with E-state index in [0.717, 1.165) is 18.9 Å². The van der Waals surface area contributed by atoms with E-state index in [1.54, 1.807) is 7.11 Å². The monoisotopic (exact) mass is 228 g/mol. The van der Waals surface area contributed by atoms with Gasteiger partial charge in [0, 0.05) is 19.7 Å². The van der Waals surface area contributed by atoms with Gasteiger partial charge in [0.2, 0.25) is 0 Å². The summed E-state index contributed by atoms with van der Waals surface area (Å²) in [7, 11) is 1.77. The highest BCUT2D eigenvalue weighted by Gasteiger charge is 2.22. The molecule has 0 aromatic heterocycles. The maximum atomic E-state index is 5.78. The van der Waals surface area contributed by atoms with E-state index in [9.17, 15) is 0 Å². The van der Waals surface area contributed by atoms with Gasteiger partial charge in [-0.1, -0.05) is 19.3 Å². The first-order valence-electron chi connectivity index (χ1n) is 6.56. The van der Waals surface area contributed by atoms with Crippen LogP contribution in [-0.2, 0) is 4.74 Å². The van der Waals surface area contributed by atoms with Crippen molar-refractivity contribution in [2.75, 3.05) is 20.2 Å². The van der Waals surface area contributed by atoms with Crippen LogP contribution in [0, 0.1) is 5.92 Å². The van der Waals surface area contributed by atoms with Gasteiger partial charge in [-0.2, -0.15) is 0 Å². The number of hydrogen-bond donors (Lipinski definition) is 2. The van der Waals surface area contributed by atoms with Crippen molar-refractivity contribution in [2.45, 2.75) is 57.6 Å². The van der Waals surface area contributed by atoms with Gasteiger partial charge in [0.05, 0.1) is 5.60 Å². The third-order valence-corrected chi connectivity index (χ3v) is 3.79. The Hall–Kier alpha value is -0.120. The van der Waals surface area contributed by atoms with Crippen LogP contribution in [0.1, 0.15) is 46.0 Å². The maximum Gasteiger partial charge on any atom is 0.0638 e. The minimum absolute atomic E-state index is 0.0759. The zero-order valence-corrected chi connectivity index (χ0v) is 11.1. The summed E-state index contributed by atoms with van der Waals surface area (Å²) in [5.41, 5.74) is 5.70. The molecule has 0 aliphatic heterocycles. The van der Waals surface area contributed by atoms with Gasteiger partial charge in [0.25, 0.3) is 0 Å².